The average Bonchev–Trinajstić information content (AvgIpc) is 3.08. The van der Waals surface area contributed by atoms with Gasteiger partial charge in [0.05, 0.1) is 0 Å². The number of hydrogen-bond donors (Lipinski definition) is 0. The molecular formula is C32H52O2. The molecule has 0 N–H and O–H groups in total. The van der Waals surface area contributed by atoms with Crippen molar-refractivity contribution in [2.24, 2.45) is 45.3 Å². The van der Waals surface area contributed by atoms with Crippen LogP contribution in [0.1, 0.15) is 120 Å². The molecular weight excluding hydrogens is 416 g/mol. The normalized spacial score (nSPS) is 44.9. The van der Waals surface area contributed by atoms with Gasteiger partial charge in [-0.3, -0.25) is 4.79 Å². The summed E-state index contributed by atoms with van der Waals surface area (Å²) in [6, 6.07) is 0. The number of fused-ring (bicyclic) bond motifs is 5. The largest absolute Gasteiger partial charge is 0.462 e. The first-order valence-electron chi connectivity index (χ1n) is 14.3. The SMILES string of the molecule is C=C(CCC=C(C)C)C1CC[C@@]2(C)C1CCC1[C@@]3(C)CCC(OC(C)=O)C(C)(C)C3CC[C@]12C. The molecule has 0 aromatic carbocycles. The Kier molecular flexibility index (Phi) is 6.74. The van der Waals surface area contributed by atoms with E-state index in [1.807, 2.05) is 0 Å². The molecule has 0 aromatic rings. The molecule has 4 aliphatic carbocycles. The van der Waals surface area contributed by atoms with Gasteiger partial charge in [0.1, 0.15) is 6.10 Å². The van der Waals surface area contributed by atoms with Crippen LogP contribution >= 0.6 is 0 Å². The summed E-state index contributed by atoms with van der Waals surface area (Å²) in [4.78, 5) is 11.8. The molecule has 0 spiro atoms. The molecule has 0 saturated heterocycles. The van der Waals surface area contributed by atoms with Crippen LogP contribution in [0.5, 0.6) is 0 Å². The second kappa shape index (κ2) is 8.81. The Morgan fingerprint density at radius 3 is 2.21 bits per heavy atom. The van der Waals surface area contributed by atoms with E-state index in [2.05, 4.69) is 61.1 Å². The Balaban J connectivity index is 1.57. The van der Waals surface area contributed by atoms with Gasteiger partial charge in [-0.25, -0.2) is 0 Å². The lowest BCUT2D eigenvalue weighted by Crippen LogP contribution is -2.64. The molecule has 2 nitrogen and oxygen atoms in total. The minimum atomic E-state index is -0.114. The molecule has 2 heteroatoms. The zero-order valence-corrected chi connectivity index (χ0v) is 23.6. The first kappa shape index (κ1) is 26.0. The van der Waals surface area contributed by atoms with E-state index in [1.165, 1.54) is 56.1 Å². The van der Waals surface area contributed by atoms with Crippen molar-refractivity contribution < 1.29 is 9.53 Å². The van der Waals surface area contributed by atoms with Crippen molar-refractivity contribution in [3.05, 3.63) is 23.8 Å². The third kappa shape index (κ3) is 3.85. The van der Waals surface area contributed by atoms with Crippen LogP contribution in [-0.4, -0.2) is 12.1 Å². The fourth-order valence-corrected chi connectivity index (χ4v) is 10.4. The number of ether oxygens (including phenoxy) is 1. The summed E-state index contributed by atoms with van der Waals surface area (Å²) in [6.45, 7) is 23.4. The number of carbonyl (C=O) groups is 1. The summed E-state index contributed by atoms with van der Waals surface area (Å²) in [6.07, 6.45) is 15.1. The first-order valence-corrected chi connectivity index (χ1v) is 14.3. The van der Waals surface area contributed by atoms with Crippen molar-refractivity contribution >= 4 is 5.97 Å². The molecule has 34 heavy (non-hydrogen) atoms. The quantitative estimate of drug-likeness (QED) is 0.297. The third-order valence-electron chi connectivity index (χ3n) is 12.2. The molecule has 0 bridgehead atoms. The minimum absolute atomic E-state index is 0.0508. The van der Waals surface area contributed by atoms with E-state index in [1.54, 1.807) is 6.92 Å². The molecule has 0 amide bonds. The van der Waals surface area contributed by atoms with Crippen molar-refractivity contribution in [3.63, 3.8) is 0 Å². The Bertz CT molecular complexity index is 847. The summed E-state index contributed by atoms with van der Waals surface area (Å²) >= 11 is 0. The molecule has 8 atom stereocenters. The van der Waals surface area contributed by atoms with Gasteiger partial charge in [0.15, 0.2) is 0 Å². The van der Waals surface area contributed by atoms with Gasteiger partial charge in [0, 0.05) is 12.3 Å². The van der Waals surface area contributed by atoms with Crippen LogP contribution in [0.2, 0.25) is 0 Å². The van der Waals surface area contributed by atoms with Gasteiger partial charge < -0.3 is 4.74 Å². The molecule has 4 saturated carbocycles. The van der Waals surface area contributed by atoms with E-state index in [0.29, 0.717) is 22.2 Å². The molecule has 4 fully saturated rings. The van der Waals surface area contributed by atoms with Crippen LogP contribution in [0, 0.1) is 45.3 Å². The maximum Gasteiger partial charge on any atom is 0.302 e. The van der Waals surface area contributed by atoms with Gasteiger partial charge in [-0.1, -0.05) is 58.4 Å². The molecule has 4 aliphatic rings. The summed E-state index contributed by atoms with van der Waals surface area (Å²) in [5.41, 5.74) is 4.17. The van der Waals surface area contributed by atoms with E-state index in [0.717, 1.165) is 37.0 Å². The summed E-state index contributed by atoms with van der Waals surface area (Å²) in [5, 5.41) is 0. The smallest absolute Gasteiger partial charge is 0.302 e. The van der Waals surface area contributed by atoms with Crippen LogP contribution in [0.4, 0.5) is 0 Å². The highest BCUT2D eigenvalue weighted by molar-refractivity contribution is 5.66. The lowest BCUT2D eigenvalue weighted by Gasteiger charge is -2.70. The molecule has 0 aromatic heterocycles. The van der Waals surface area contributed by atoms with E-state index in [4.69, 9.17) is 4.74 Å². The number of carbonyl (C=O) groups excluding carboxylic acids is 1. The van der Waals surface area contributed by atoms with E-state index < -0.39 is 0 Å². The standard InChI is InChI=1S/C32H52O2/c1-21(2)11-10-12-22(3)24-15-19-31(8)25(24)13-14-27-30(7)18-17-28(34-23(4)33)29(5,6)26(30)16-20-32(27,31)9/h11,24-28H,3,10,12-20H2,1-2,4-9H3/t24?,25?,26?,27?,28?,30-,31-,32+/m0/s1. The van der Waals surface area contributed by atoms with Gasteiger partial charge in [0.25, 0.3) is 0 Å². The highest BCUT2D eigenvalue weighted by Gasteiger charge is 2.68. The Morgan fingerprint density at radius 1 is 0.882 bits per heavy atom. The van der Waals surface area contributed by atoms with Crippen molar-refractivity contribution in [1.29, 1.82) is 0 Å². The lowest BCUT2D eigenvalue weighted by atomic mass is 9.35. The Hall–Kier alpha value is -1.05. The van der Waals surface area contributed by atoms with E-state index >= 15 is 0 Å². The van der Waals surface area contributed by atoms with Gasteiger partial charge in [-0.15, -0.1) is 0 Å². The molecule has 5 unspecified atom stereocenters. The van der Waals surface area contributed by atoms with Crippen LogP contribution in [0.25, 0.3) is 0 Å². The van der Waals surface area contributed by atoms with Crippen LogP contribution < -0.4 is 0 Å². The van der Waals surface area contributed by atoms with Crippen LogP contribution in [0.15, 0.2) is 23.8 Å². The average molecular weight is 469 g/mol. The van der Waals surface area contributed by atoms with Crippen molar-refractivity contribution in [2.45, 2.75) is 126 Å². The lowest BCUT2D eigenvalue weighted by molar-refractivity contribution is -0.226. The summed E-state index contributed by atoms with van der Waals surface area (Å²) in [7, 11) is 0. The highest BCUT2D eigenvalue weighted by atomic mass is 16.5. The fraction of sp³-hybridized carbons (Fsp3) is 0.844. The van der Waals surface area contributed by atoms with Gasteiger partial charge in [-0.05, 0) is 118 Å². The van der Waals surface area contributed by atoms with E-state index in [9.17, 15) is 4.79 Å². The maximum atomic E-state index is 11.8. The molecule has 0 heterocycles. The van der Waals surface area contributed by atoms with Gasteiger partial charge >= 0.3 is 5.97 Å². The molecule has 192 valence electrons. The van der Waals surface area contributed by atoms with E-state index in [-0.39, 0.29) is 17.5 Å². The summed E-state index contributed by atoms with van der Waals surface area (Å²) in [5.74, 6) is 2.81. The predicted octanol–water partition coefficient (Wildman–Crippen LogP) is 8.91. The van der Waals surface area contributed by atoms with Crippen LogP contribution in [0.3, 0.4) is 0 Å². The number of allylic oxidation sites excluding steroid dienone is 3. The van der Waals surface area contributed by atoms with Crippen LogP contribution in [-0.2, 0) is 9.53 Å². The molecule has 0 radical (unpaired) electrons. The predicted molar refractivity (Wildman–Crippen MR) is 142 cm³/mol. The monoisotopic (exact) mass is 468 g/mol. The number of esters is 1. The van der Waals surface area contributed by atoms with Gasteiger partial charge in [-0.2, -0.15) is 0 Å². The number of hydrogen-bond acceptors (Lipinski definition) is 2. The van der Waals surface area contributed by atoms with Gasteiger partial charge in [0.2, 0.25) is 0 Å². The topological polar surface area (TPSA) is 26.3 Å². The maximum absolute atomic E-state index is 11.8. The Labute approximate surface area is 210 Å². The fourth-order valence-electron chi connectivity index (χ4n) is 10.4. The molecule has 0 aliphatic heterocycles. The second-order valence-electron chi connectivity index (χ2n) is 14.3. The van der Waals surface area contributed by atoms with Crippen molar-refractivity contribution in [2.75, 3.05) is 0 Å². The highest BCUT2D eigenvalue weighted by Crippen LogP contribution is 2.75. The van der Waals surface area contributed by atoms with Crippen molar-refractivity contribution in [1.82, 2.24) is 0 Å². The third-order valence-corrected chi connectivity index (χ3v) is 12.2. The zero-order valence-electron chi connectivity index (χ0n) is 23.6. The Morgan fingerprint density at radius 2 is 1.56 bits per heavy atom. The second-order valence-corrected chi connectivity index (χ2v) is 14.3. The zero-order chi connectivity index (χ0) is 25.1. The minimum Gasteiger partial charge on any atom is -0.462 e. The first-order chi connectivity index (χ1) is 15.8. The number of rotatable bonds is 5. The summed E-state index contributed by atoms with van der Waals surface area (Å²) < 4.78 is 5.89. The molecule has 4 rings (SSSR count). The van der Waals surface area contributed by atoms with Crippen molar-refractivity contribution in [3.8, 4) is 0 Å².